The number of nitrogens with zero attached hydrogens (tertiary/aromatic N) is 6. The van der Waals surface area contributed by atoms with Gasteiger partial charge in [0.25, 0.3) is 0 Å². The van der Waals surface area contributed by atoms with Crippen molar-refractivity contribution in [3.63, 3.8) is 0 Å². The maximum absolute atomic E-state index is 4.70. The second-order valence-corrected chi connectivity index (χ2v) is 8.95. The minimum Gasteiger partial charge on any atom is -0.240 e. The first-order valence-corrected chi connectivity index (χ1v) is 12.0. The third-order valence-electron chi connectivity index (χ3n) is 6.70. The number of benzene rings is 4. The van der Waals surface area contributed by atoms with Crippen molar-refractivity contribution in [1.82, 2.24) is 30.0 Å². The molecule has 0 atom stereocenters. The highest BCUT2D eigenvalue weighted by Gasteiger charge is 2.29. The molecule has 0 aliphatic heterocycles. The molecule has 172 valence electrons. The zero-order valence-corrected chi connectivity index (χ0v) is 19.5. The van der Waals surface area contributed by atoms with Crippen LogP contribution in [0, 0.1) is 0 Å². The summed E-state index contributed by atoms with van der Waals surface area (Å²) < 4.78 is 4.02. The Hall–Kier alpha value is -4.84. The molecule has 4 aromatic carbocycles. The molecule has 2 heterocycles. The molecule has 0 spiro atoms. The third-order valence-corrected chi connectivity index (χ3v) is 6.70. The maximum Gasteiger partial charge on any atom is 0.121 e. The number of hydrogen-bond donors (Lipinski definition) is 0. The van der Waals surface area contributed by atoms with Crippen molar-refractivity contribution in [1.29, 1.82) is 0 Å². The van der Waals surface area contributed by atoms with Crippen LogP contribution in [0.3, 0.4) is 0 Å². The van der Waals surface area contributed by atoms with Crippen LogP contribution in [0.4, 0.5) is 0 Å². The standard InChI is InChI=1S/C30H22N6/c1-3-11-21(12-4-1)19-35-29-25-17-9-10-18-26(25)30-28(24-16-8-7-15-23(24)27(29)31-33-35)32-34-36(30)20-22-13-5-2-6-14-22/h1-18H,19-20H2. The van der Waals surface area contributed by atoms with Gasteiger partial charge in [-0.2, -0.15) is 0 Å². The zero-order chi connectivity index (χ0) is 23.9. The quantitative estimate of drug-likeness (QED) is 0.322. The monoisotopic (exact) mass is 466 g/mol. The molecule has 0 saturated heterocycles. The van der Waals surface area contributed by atoms with E-state index in [9.17, 15) is 0 Å². The van der Waals surface area contributed by atoms with Gasteiger partial charge in [0.1, 0.15) is 11.4 Å². The Labute approximate surface area is 208 Å². The molecular formula is C30H22N6. The van der Waals surface area contributed by atoms with Crippen LogP contribution in [0.5, 0.6) is 0 Å². The number of aromatic nitrogens is 6. The first-order valence-electron chi connectivity index (χ1n) is 12.0. The normalized spacial score (nSPS) is 11.6. The van der Waals surface area contributed by atoms with E-state index in [0.717, 1.165) is 45.0 Å². The van der Waals surface area contributed by atoms with Crippen LogP contribution in [-0.2, 0) is 13.1 Å². The lowest BCUT2D eigenvalue weighted by Gasteiger charge is -2.19. The molecule has 6 aromatic rings. The minimum absolute atomic E-state index is 0.633. The molecule has 0 fully saturated rings. The summed E-state index contributed by atoms with van der Waals surface area (Å²) in [6.07, 6.45) is 0. The summed E-state index contributed by atoms with van der Waals surface area (Å²) in [5.74, 6) is 0. The van der Waals surface area contributed by atoms with Crippen molar-refractivity contribution in [2.45, 2.75) is 13.1 Å². The van der Waals surface area contributed by atoms with E-state index >= 15 is 0 Å². The molecule has 0 amide bonds. The van der Waals surface area contributed by atoms with Gasteiger partial charge in [-0.1, -0.05) is 120 Å². The van der Waals surface area contributed by atoms with E-state index in [-0.39, 0.29) is 0 Å². The van der Waals surface area contributed by atoms with E-state index in [0.29, 0.717) is 13.1 Å². The van der Waals surface area contributed by atoms with Crippen LogP contribution < -0.4 is 0 Å². The minimum atomic E-state index is 0.633. The van der Waals surface area contributed by atoms with Crippen molar-refractivity contribution in [3.8, 4) is 45.0 Å². The van der Waals surface area contributed by atoms with Gasteiger partial charge in [0.15, 0.2) is 0 Å². The lowest BCUT2D eigenvalue weighted by Crippen LogP contribution is -2.08. The summed E-state index contributed by atoms with van der Waals surface area (Å²) in [5.41, 5.74) is 10.2. The second kappa shape index (κ2) is 8.43. The SMILES string of the molecule is c1ccc(Cn2nnc3c2-c2ccccc2-c2c(nnn2Cc2ccccc2)-c2ccccc2-3)cc1. The Balaban J connectivity index is 1.49. The van der Waals surface area contributed by atoms with Gasteiger partial charge in [-0.25, -0.2) is 9.36 Å². The van der Waals surface area contributed by atoms with Gasteiger partial charge in [0.05, 0.1) is 24.5 Å². The smallest absolute Gasteiger partial charge is 0.121 e. The first kappa shape index (κ1) is 20.5. The fourth-order valence-corrected chi connectivity index (χ4v) is 5.05. The van der Waals surface area contributed by atoms with Crippen LogP contribution in [0.25, 0.3) is 45.0 Å². The van der Waals surface area contributed by atoms with Crippen molar-refractivity contribution >= 4 is 0 Å². The number of rotatable bonds is 4. The van der Waals surface area contributed by atoms with E-state index in [1.165, 1.54) is 11.1 Å². The van der Waals surface area contributed by atoms with Gasteiger partial charge >= 0.3 is 0 Å². The lowest BCUT2D eigenvalue weighted by atomic mass is 9.89. The van der Waals surface area contributed by atoms with E-state index in [1.807, 2.05) is 33.6 Å². The molecule has 1 aliphatic carbocycles. The van der Waals surface area contributed by atoms with E-state index in [1.54, 1.807) is 0 Å². The average molecular weight is 467 g/mol. The van der Waals surface area contributed by atoms with Crippen LogP contribution in [0.2, 0.25) is 0 Å². The molecule has 0 N–H and O–H groups in total. The van der Waals surface area contributed by atoms with Crippen molar-refractivity contribution < 1.29 is 0 Å². The molecular weight excluding hydrogens is 444 g/mol. The zero-order valence-electron chi connectivity index (χ0n) is 19.5. The predicted octanol–water partition coefficient (Wildman–Crippen LogP) is 5.95. The maximum atomic E-state index is 4.70. The Kier molecular flexibility index (Phi) is 4.81. The largest absolute Gasteiger partial charge is 0.240 e. The molecule has 36 heavy (non-hydrogen) atoms. The molecule has 0 radical (unpaired) electrons. The van der Waals surface area contributed by atoms with Gasteiger partial charge in [-0.15, -0.1) is 10.2 Å². The van der Waals surface area contributed by atoms with Gasteiger partial charge in [0.2, 0.25) is 0 Å². The Morgan fingerprint density at radius 3 is 1.19 bits per heavy atom. The van der Waals surface area contributed by atoms with Crippen molar-refractivity contribution in [2.75, 3.05) is 0 Å². The van der Waals surface area contributed by atoms with Gasteiger partial charge < -0.3 is 0 Å². The molecule has 6 heteroatoms. The molecule has 0 bridgehead atoms. The summed E-state index contributed by atoms with van der Waals surface area (Å²) in [6.45, 7) is 1.27. The highest BCUT2D eigenvalue weighted by atomic mass is 15.4. The Morgan fingerprint density at radius 2 is 0.778 bits per heavy atom. The van der Waals surface area contributed by atoms with E-state index in [4.69, 9.17) is 10.2 Å². The lowest BCUT2D eigenvalue weighted by molar-refractivity contribution is 0.653. The molecule has 0 unspecified atom stereocenters. The highest BCUT2D eigenvalue weighted by Crippen LogP contribution is 2.46. The number of fused-ring (bicyclic) bond motifs is 8. The van der Waals surface area contributed by atoms with Gasteiger partial charge in [-0.3, -0.25) is 0 Å². The van der Waals surface area contributed by atoms with Gasteiger partial charge in [0, 0.05) is 22.3 Å². The third kappa shape index (κ3) is 3.34. The van der Waals surface area contributed by atoms with Crippen LogP contribution in [0.15, 0.2) is 109 Å². The summed E-state index contributed by atoms with van der Waals surface area (Å²) >= 11 is 0. The fraction of sp³-hybridized carbons (Fsp3) is 0.0667. The average Bonchev–Trinajstić information content (AvgIpc) is 3.53. The van der Waals surface area contributed by atoms with Crippen LogP contribution in [0.1, 0.15) is 11.1 Å². The van der Waals surface area contributed by atoms with Crippen LogP contribution in [-0.4, -0.2) is 30.0 Å². The summed E-state index contributed by atoms with van der Waals surface area (Å²) in [7, 11) is 0. The molecule has 0 saturated carbocycles. The first-order chi connectivity index (χ1) is 17.9. The van der Waals surface area contributed by atoms with Crippen LogP contribution >= 0.6 is 0 Å². The van der Waals surface area contributed by atoms with E-state index in [2.05, 4.69) is 95.4 Å². The van der Waals surface area contributed by atoms with Crippen molar-refractivity contribution in [3.05, 3.63) is 120 Å². The predicted molar refractivity (Wildman–Crippen MR) is 140 cm³/mol. The summed E-state index contributed by atoms with van der Waals surface area (Å²) in [4.78, 5) is 0. The summed E-state index contributed by atoms with van der Waals surface area (Å²) in [6, 6.07) is 37.5. The molecule has 2 aromatic heterocycles. The van der Waals surface area contributed by atoms with Crippen molar-refractivity contribution in [2.24, 2.45) is 0 Å². The number of hydrogen-bond acceptors (Lipinski definition) is 4. The molecule has 7 rings (SSSR count). The van der Waals surface area contributed by atoms with E-state index < -0.39 is 0 Å². The second-order valence-electron chi connectivity index (χ2n) is 8.95. The Morgan fingerprint density at radius 1 is 0.417 bits per heavy atom. The molecule has 1 aliphatic rings. The highest BCUT2D eigenvalue weighted by molar-refractivity contribution is 5.98. The van der Waals surface area contributed by atoms with Gasteiger partial charge in [-0.05, 0) is 11.1 Å². The fourth-order valence-electron chi connectivity index (χ4n) is 5.05. The Bertz CT molecular complexity index is 1560. The topological polar surface area (TPSA) is 61.4 Å². The molecule has 6 nitrogen and oxygen atoms in total. The summed E-state index contributed by atoms with van der Waals surface area (Å²) in [5, 5.41) is 18.7.